The highest BCUT2D eigenvalue weighted by Crippen LogP contribution is 2.20. The van der Waals surface area contributed by atoms with E-state index in [1.807, 2.05) is 18.2 Å². The van der Waals surface area contributed by atoms with Crippen LogP contribution in [-0.4, -0.2) is 72.3 Å². The molecule has 3 atom stereocenters. The van der Waals surface area contributed by atoms with E-state index in [1.165, 1.54) is 5.56 Å². The molecule has 2 rings (SSSR count). The van der Waals surface area contributed by atoms with Gasteiger partial charge in [-0.2, -0.15) is 4.90 Å². The van der Waals surface area contributed by atoms with Crippen LogP contribution < -0.4 is 0 Å². The second-order valence-corrected chi connectivity index (χ2v) is 10.9. The van der Waals surface area contributed by atoms with Gasteiger partial charge in [-0.3, -0.25) is 0 Å². The fraction of sp³-hybridized carbons (Fsp3) is 0.667. The molecule has 9 nitrogen and oxygen atoms in total. The molecule has 1 aliphatic rings. The van der Waals surface area contributed by atoms with Crippen molar-refractivity contribution in [1.82, 2.24) is 4.90 Å². The SMILES string of the molecule is CC1CC(OCCCc2ccccc2)COC[C@H](N(C(=O)OC(C)(C)C)C(=O)OC(C)(C)C)C(=O)O1. The van der Waals surface area contributed by atoms with Gasteiger partial charge in [0.2, 0.25) is 0 Å². The van der Waals surface area contributed by atoms with Crippen molar-refractivity contribution >= 4 is 18.2 Å². The van der Waals surface area contributed by atoms with E-state index >= 15 is 0 Å². The molecule has 0 aliphatic carbocycles. The lowest BCUT2D eigenvalue weighted by Crippen LogP contribution is -2.54. The van der Waals surface area contributed by atoms with E-state index < -0.39 is 41.5 Å². The van der Waals surface area contributed by atoms with Crippen molar-refractivity contribution in [3.63, 3.8) is 0 Å². The van der Waals surface area contributed by atoms with Gasteiger partial charge >= 0.3 is 18.2 Å². The molecule has 1 fully saturated rings. The Hall–Kier alpha value is -2.65. The van der Waals surface area contributed by atoms with Crippen LogP contribution >= 0.6 is 0 Å². The summed E-state index contributed by atoms with van der Waals surface area (Å²) in [7, 11) is 0. The summed E-state index contributed by atoms with van der Waals surface area (Å²) in [6, 6.07) is 8.78. The van der Waals surface area contributed by atoms with Gasteiger partial charge in [-0.25, -0.2) is 14.4 Å². The maximum atomic E-state index is 13.0. The van der Waals surface area contributed by atoms with E-state index in [-0.39, 0.29) is 19.3 Å². The van der Waals surface area contributed by atoms with Gasteiger partial charge in [-0.05, 0) is 66.9 Å². The molecule has 1 saturated heterocycles. The molecule has 1 heterocycles. The maximum absolute atomic E-state index is 13.0. The van der Waals surface area contributed by atoms with Crippen LogP contribution in [0.15, 0.2) is 30.3 Å². The number of hydrogen-bond donors (Lipinski definition) is 0. The van der Waals surface area contributed by atoms with Crippen molar-refractivity contribution < 1.29 is 38.1 Å². The van der Waals surface area contributed by atoms with Crippen LogP contribution in [0, 0.1) is 0 Å². The Labute approximate surface area is 214 Å². The fourth-order valence-electron chi connectivity index (χ4n) is 3.56. The van der Waals surface area contributed by atoms with Crippen LogP contribution in [-0.2, 0) is 34.9 Å². The number of carbonyl (C=O) groups excluding carboxylic acids is 3. The standard InChI is InChI=1S/C27H41NO8/c1-19-16-21(33-15-11-14-20-12-9-8-10-13-20)17-32-18-22(23(29)34-19)28(24(30)35-26(2,3)4)25(31)36-27(5,6)7/h8-10,12-13,19,21-22H,11,14-18H2,1-7H3/t19?,21?,22-/m0/s1. The van der Waals surface area contributed by atoms with Crippen LogP contribution in [0.4, 0.5) is 9.59 Å². The van der Waals surface area contributed by atoms with Crippen LogP contribution in [0.2, 0.25) is 0 Å². The molecule has 0 N–H and O–H groups in total. The fourth-order valence-corrected chi connectivity index (χ4v) is 3.56. The monoisotopic (exact) mass is 507 g/mol. The van der Waals surface area contributed by atoms with Gasteiger partial charge in [-0.15, -0.1) is 0 Å². The van der Waals surface area contributed by atoms with Crippen molar-refractivity contribution in [3.05, 3.63) is 35.9 Å². The number of cyclic esters (lactones) is 1. The minimum atomic E-state index is -1.37. The van der Waals surface area contributed by atoms with Crippen molar-refractivity contribution in [2.45, 2.75) is 97.2 Å². The summed E-state index contributed by atoms with van der Waals surface area (Å²) in [5, 5.41) is 0. The second-order valence-electron chi connectivity index (χ2n) is 10.9. The van der Waals surface area contributed by atoms with E-state index in [0.29, 0.717) is 17.9 Å². The summed E-state index contributed by atoms with van der Waals surface area (Å²) in [4.78, 5) is 39.6. The number of esters is 1. The predicted molar refractivity (Wildman–Crippen MR) is 134 cm³/mol. The zero-order valence-electron chi connectivity index (χ0n) is 22.6. The number of amides is 2. The molecule has 36 heavy (non-hydrogen) atoms. The number of aryl methyl sites for hydroxylation is 1. The van der Waals surface area contributed by atoms with E-state index in [0.717, 1.165) is 12.8 Å². The number of hydrogen-bond acceptors (Lipinski definition) is 8. The van der Waals surface area contributed by atoms with Gasteiger partial charge in [0.25, 0.3) is 0 Å². The number of nitrogens with zero attached hydrogens (tertiary/aromatic N) is 1. The third kappa shape index (κ3) is 10.5. The highest BCUT2D eigenvalue weighted by molar-refractivity contribution is 5.94. The van der Waals surface area contributed by atoms with Crippen LogP contribution in [0.5, 0.6) is 0 Å². The van der Waals surface area contributed by atoms with Gasteiger partial charge in [0.05, 0.1) is 19.3 Å². The number of benzene rings is 1. The van der Waals surface area contributed by atoms with Gasteiger partial charge in [0.1, 0.15) is 17.3 Å². The van der Waals surface area contributed by atoms with Gasteiger partial charge in [-0.1, -0.05) is 30.3 Å². The Balaban J connectivity index is 2.08. The quantitative estimate of drug-likeness (QED) is 0.305. The molecule has 1 aliphatic heterocycles. The first kappa shape index (κ1) is 29.6. The van der Waals surface area contributed by atoms with Crippen LogP contribution in [0.3, 0.4) is 0 Å². The lowest BCUT2D eigenvalue weighted by atomic mass is 10.1. The average Bonchev–Trinajstić information content (AvgIpc) is 2.79. The third-order valence-electron chi connectivity index (χ3n) is 5.06. The predicted octanol–water partition coefficient (Wildman–Crippen LogP) is 4.90. The summed E-state index contributed by atoms with van der Waals surface area (Å²) < 4.78 is 28.1. The molecule has 0 spiro atoms. The Morgan fingerprint density at radius 3 is 2.11 bits per heavy atom. The van der Waals surface area contributed by atoms with Crippen molar-refractivity contribution in [2.24, 2.45) is 0 Å². The number of imide groups is 1. The van der Waals surface area contributed by atoms with Crippen LogP contribution in [0.1, 0.15) is 66.9 Å². The Kier molecular flexibility index (Phi) is 10.7. The minimum absolute atomic E-state index is 0.180. The third-order valence-corrected chi connectivity index (χ3v) is 5.06. The smallest absolute Gasteiger partial charge is 0.420 e. The number of rotatable bonds is 6. The normalized spacial score (nSPS) is 21.4. The molecule has 202 valence electrons. The zero-order valence-corrected chi connectivity index (χ0v) is 22.6. The maximum Gasteiger partial charge on any atom is 0.420 e. The number of ether oxygens (including phenoxy) is 5. The minimum Gasteiger partial charge on any atom is -0.461 e. The Morgan fingerprint density at radius 1 is 0.972 bits per heavy atom. The molecule has 2 unspecified atom stereocenters. The van der Waals surface area contributed by atoms with E-state index in [9.17, 15) is 14.4 Å². The molecule has 0 bridgehead atoms. The lowest BCUT2D eigenvalue weighted by molar-refractivity contribution is -0.156. The Morgan fingerprint density at radius 2 is 1.56 bits per heavy atom. The molecule has 0 aromatic heterocycles. The van der Waals surface area contributed by atoms with Gasteiger partial charge < -0.3 is 23.7 Å². The highest BCUT2D eigenvalue weighted by Gasteiger charge is 2.42. The second kappa shape index (κ2) is 13.1. The van der Waals surface area contributed by atoms with Crippen LogP contribution in [0.25, 0.3) is 0 Å². The Bertz CT molecular complexity index is 831. The summed E-state index contributed by atoms with van der Waals surface area (Å²) >= 11 is 0. The highest BCUT2D eigenvalue weighted by atomic mass is 16.6. The zero-order chi connectivity index (χ0) is 26.9. The van der Waals surface area contributed by atoms with E-state index in [2.05, 4.69) is 12.1 Å². The van der Waals surface area contributed by atoms with Crippen molar-refractivity contribution in [1.29, 1.82) is 0 Å². The summed E-state index contributed by atoms with van der Waals surface area (Å²) in [5.41, 5.74) is -0.555. The first-order valence-corrected chi connectivity index (χ1v) is 12.4. The van der Waals surface area contributed by atoms with E-state index in [4.69, 9.17) is 23.7 Å². The first-order valence-electron chi connectivity index (χ1n) is 12.4. The lowest BCUT2D eigenvalue weighted by Gasteiger charge is -2.32. The largest absolute Gasteiger partial charge is 0.461 e. The number of carbonyl (C=O) groups is 3. The molecule has 9 heteroatoms. The average molecular weight is 508 g/mol. The molecular formula is C27H41NO8. The summed E-state index contributed by atoms with van der Waals surface area (Å²) in [5.74, 6) is -0.774. The molecule has 1 aromatic rings. The molecule has 0 radical (unpaired) electrons. The molecule has 2 amide bonds. The molecular weight excluding hydrogens is 466 g/mol. The van der Waals surface area contributed by atoms with Crippen molar-refractivity contribution in [2.75, 3.05) is 19.8 Å². The summed E-state index contributed by atoms with van der Waals surface area (Å²) in [6.45, 7) is 12.2. The topological polar surface area (TPSA) is 101 Å². The van der Waals surface area contributed by atoms with E-state index in [1.54, 1.807) is 48.5 Å². The van der Waals surface area contributed by atoms with Gasteiger partial charge in [0.15, 0.2) is 6.04 Å². The first-order chi connectivity index (χ1) is 16.7. The van der Waals surface area contributed by atoms with Gasteiger partial charge in [0, 0.05) is 13.0 Å². The molecule has 0 saturated carbocycles. The summed E-state index contributed by atoms with van der Waals surface area (Å²) in [6.07, 6.45) is -0.697. The van der Waals surface area contributed by atoms with Crippen molar-refractivity contribution in [3.8, 4) is 0 Å². The molecule has 1 aromatic carbocycles.